The molecule has 4 bridgehead atoms. The topological polar surface area (TPSA) is 93.4 Å². The number of para-hydroxylation sites is 2. The molecule has 1 aromatic heterocycles. The van der Waals surface area contributed by atoms with Gasteiger partial charge in [0.05, 0.1) is 29.9 Å². The van der Waals surface area contributed by atoms with Gasteiger partial charge in [-0.2, -0.15) is 0 Å². The molecule has 7 heteroatoms. The first-order chi connectivity index (χ1) is 14.6. The summed E-state index contributed by atoms with van der Waals surface area (Å²) in [4.78, 5) is 23.8. The molecule has 2 heterocycles. The normalized spacial score (nSPS) is 14.8. The van der Waals surface area contributed by atoms with Crippen LogP contribution in [0.3, 0.4) is 0 Å². The highest BCUT2D eigenvalue weighted by atomic mass is 16.5. The summed E-state index contributed by atoms with van der Waals surface area (Å²) in [6.07, 6.45) is 4.63. The molecule has 3 N–H and O–H groups in total. The van der Waals surface area contributed by atoms with E-state index < -0.39 is 0 Å². The van der Waals surface area contributed by atoms with E-state index in [0.717, 1.165) is 42.8 Å². The van der Waals surface area contributed by atoms with Crippen molar-refractivity contribution in [3.05, 3.63) is 60.4 Å². The van der Waals surface area contributed by atoms with E-state index in [0.29, 0.717) is 18.0 Å². The Labute approximate surface area is 175 Å². The van der Waals surface area contributed by atoms with Gasteiger partial charge in [-0.25, -0.2) is 9.97 Å². The van der Waals surface area contributed by atoms with Crippen molar-refractivity contribution in [2.45, 2.75) is 19.3 Å². The van der Waals surface area contributed by atoms with E-state index in [-0.39, 0.29) is 17.4 Å². The second-order valence-electron chi connectivity index (χ2n) is 7.32. The van der Waals surface area contributed by atoms with Crippen molar-refractivity contribution in [1.82, 2.24) is 9.97 Å². The molecule has 7 nitrogen and oxygen atoms in total. The fourth-order valence-corrected chi connectivity index (χ4v) is 3.48. The Morgan fingerprint density at radius 2 is 1.97 bits per heavy atom. The Morgan fingerprint density at radius 3 is 2.87 bits per heavy atom. The number of fused-ring (bicyclic) bond motifs is 6. The molecule has 0 saturated heterocycles. The maximum atomic E-state index is 13.0. The van der Waals surface area contributed by atoms with Gasteiger partial charge in [0.2, 0.25) is 0 Å². The molecule has 0 fully saturated rings. The third-order valence-electron chi connectivity index (χ3n) is 5.12. The number of aromatic nitrogens is 2. The number of benzene rings is 2. The van der Waals surface area contributed by atoms with E-state index in [2.05, 4.69) is 20.2 Å². The lowest BCUT2D eigenvalue weighted by atomic mass is 10.1. The lowest BCUT2D eigenvalue weighted by Gasteiger charge is -2.22. The van der Waals surface area contributed by atoms with Crippen LogP contribution in [-0.2, 0) is 0 Å². The van der Waals surface area contributed by atoms with Crippen LogP contribution in [0.4, 0.5) is 17.2 Å². The van der Waals surface area contributed by atoms with Crippen LogP contribution in [0.1, 0.15) is 29.8 Å². The number of nitrogens with two attached hydrogens (primary N) is 1. The Morgan fingerprint density at radius 1 is 1.10 bits per heavy atom. The zero-order chi connectivity index (χ0) is 20.9. The summed E-state index contributed by atoms with van der Waals surface area (Å²) >= 11 is 0. The van der Waals surface area contributed by atoms with Crippen molar-refractivity contribution in [1.29, 1.82) is 0 Å². The predicted octanol–water partition coefficient (Wildman–Crippen LogP) is 3.98. The van der Waals surface area contributed by atoms with Gasteiger partial charge in [0, 0.05) is 19.2 Å². The Kier molecular flexibility index (Phi) is 5.79. The van der Waals surface area contributed by atoms with Gasteiger partial charge in [0.25, 0.3) is 5.91 Å². The molecular formula is C23H25N5O2. The molecule has 0 unspecified atom stereocenters. The average Bonchev–Trinajstić information content (AvgIpc) is 2.76. The number of nitrogens with zero attached hydrogens (tertiary/aromatic N) is 3. The number of hydrogen-bond donors (Lipinski definition) is 2. The van der Waals surface area contributed by atoms with Gasteiger partial charge in [0.15, 0.2) is 11.5 Å². The lowest BCUT2D eigenvalue weighted by molar-refractivity contribution is 0.102. The number of carbonyl (C=O) groups excluding carboxylic acids is 1. The number of amides is 1. The standard InChI is InChI=1S/C23H25N5O2/c1-28-12-5-2-6-13-30-17-9-7-8-16(14-17)19-15-25-22(24)21(26-19)23(29)27-18-10-3-4-11-20(18)28/h3-4,7-11,14-15H,2,5-6,12-13H2,1H3,(H2,24,25)(H,27,29). The summed E-state index contributed by atoms with van der Waals surface area (Å²) in [5.74, 6) is 0.470. The Balaban J connectivity index is 1.74. The van der Waals surface area contributed by atoms with E-state index in [1.54, 1.807) is 6.20 Å². The molecule has 0 spiro atoms. The van der Waals surface area contributed by atoms with Gasteiger partial charge in [-0.1, -0.05) is 24.3 Å². The van der Waals surface area contributed by atoms with Crippen LogP contribution in [-0.4, -0.2) is 36.1 Å². The summed E-state index contributed by atoms with van der Waals surface area (Å²) in [6, 6.07) is 15.4. The summed E-state index contributed by atoms with van der Waals surface area (Å²) in [5, 5.41) is 2.95. The number of anilines is 3. The molecule has 0 aliphatic carbocycles. The van der Waals surface area contributed by atoms with Gasteiger partial charge in [-0.15, -0.1) is 0 Å². The first-order valence-corrected chi connectivity index (χ1v) is 10.1. The third-order valence-corrected chi connectivity index (χ3v) is 5.12. The summed E-state index contributed by atoms with van der Waals surface area (Å²) in [7, 11) is 2.02. The summed E-state index contributed by atoms with van der Waals surface area (Å²) in [6.45, 7) is 1.53. The molecule has 1 amide bonds. The van der Waals surface area contributed by atoms with E-state index in [1.807, 2.05) is 55.6 Å². The summed E-state index contributed by atoms with van der Waals surface area (Å²) < 4.78 is 5.91. The SMILES string of the molecule is CN1CCCCCOc2cccc(c2)-c2cnc(N)c(n2)C(=O)Nc2ccccc21. The highest BCUT2D eigenvalue weighted by molar-refractivity contribution is 6.07. The molecule has 154 valence electrons. The minimum absolute atomic E-state index is 0.0902. The Hall–Kier alpha value is -3.61. The van der Waals surface area contributed by atoms with Gasteiger partial charge in [-0.05, 0) is 43.5 Å². The first-order valence-electron chi connectivity index (χ1n) is 10.1. The van der Waals surface area contributed by atoms with Crippen LogP contribution < -0.4 is 20.7 Å². The highest BCUT2D eigenvalue weighted by Crippen LogP contribution is 2.27. The zero-order valence-electron chi connectivity index (χ0n) is 17.0. The van der Waals surface area contributed by atoms with E-state index >= 15 is 0 Å². The fourth-order valence-electron chi connectivity index (χ4n) is 3.48. The number of ether oxygens (including phenoxy) is 1. The highest BCUT2D eigenvalue weighted by Gasteiger charge is 2.17. The molecule has 3 aromatic rings. The van der Waals surface area contributed by atoms with Crippen LogP contribution in [0.2, 0.25) is 0 Å². The number of carbonyl (C=O) groups is 1. The second-order valence-corrected chi connectivity index (χ2v) is 7.32. The van der Waals surface area contributed by atoms with Crippen molar-refractivity contribution < 1.29 is 9.53 Å². The maximum Gasteiger partial charge on any atom is 0.278 e. The molecule has 4 rings (SSSR count). The van der Waals surface area contributed by atoms with Crippen molar-refractivity contribution in [3.8, 4) is 17.0 Å². The van der Waals surface area contributed by atoms with Gasteiger partial charge < -0.3 is 20.7 Å². The number of hydrogen-bond acceptors (Lipinski definition) is 6. The molecule has 0 radical (unpaired) electrons. The number of rotatable bonds is 0. The van der Waals surface area contributed by atoms with Crippen LogP contribution in [0, 0.1) is 0 Å². The fraction of sp³-hybridized carbons (Fsp3) is 0.261. The van der Waals surface area contributed by atoms with Crippen LogP contribution in [0.15, 0.2) is 54.7 Å². The van der Waals surface area contributed by atoms with E-state index in [4.69, 9.17) is 10.5 Å². The molecule has 2 aromatic carbocycles. The largest absolute Gasteiger partial charge is 0.494 e. The van der Waals surface area contributed by atoms with Gasteiger partial charge in [0.1, 0.15) is 5.75 Å². The first kappa shape index (κ1) is 19.7. The number of nitrogen functional groups attached to an aromatic ring is 1. The van der Waals surface area contributed by atoms with Crippen molar-refractivity contribution >= 4 is 23.1 Å². The van der Waals surface area contributed by atoms with E-state index in [9.17, 15) is 4.79 Å². The quantitative estimate of drug-likeness (QED) is 0.590. The zero-order valence-corrected chi connectivity index (χ0v) is 17.0. The smallest absolute Gasteiger partial charge is 0.278 e. The van der Waals surface area contributed by atoms with Crippen molar-refractivity contribution in [2.24, 2.45) is 0 Å². The second kappa shape index (κ2) is 8.82. The molecule has 1 aliphatic rings. The predicted molar refractivity (Wildman–Crippen MR) is 119 cm³/mol. The maximum absolute atomic E-state index is 13.0. The monoisotopic (exact) mass is 403 g/mol. The minimum atomic E-state index is -0.389. The molecular weight excluding hydrogens is 378 g/mol. The minimum Gasteiger partial charge on any atom is -0.494 e. The molecule has 0 atom stereocenters. The van der Waals surface area contributed by atoms with Crippen molar-refractivity contribution in [3.63, 3.8) is 0 Å². The Bertz CT molecular complexity index is 1050. The van der Waals surface area contributed by atoms with E-state index in [1.165, 1.54) is 0 Å². The van der Waals surface area contributed by atoms with Crippen molar-refractivity contribution in [2.75, 3.05) is 36.1 Å². The molecule has 30 heavy (non-hydrogen) atoms. The lowest BCUT2D eigenvalue weighted by Crippen LogP contribution is -2.22. The van der Waals surface area contributed by atoms with Gasteiger partial charge >= 0.3 is 0 Å². The average molecular weight is 403 g/mol. The summed E-state index contributed by atoms with van der Waals surface area (Å²) in [5.41, 5.74) is 9.12. The van der Waals surface area contributed by atoms with Gasteiger partial charge in [-0.3, -0.25) is 4.79 Å². The molecule has 0 saturated carbocycles. The van der Waals surface area contributed by atoms with Crippen LogP contribution in [0.5, 0.6) is 5.75 Å². The third kappa shape index (κ3) is 4.35. The molecule has 1 aliphatic heterocycles. The van der Waals surface area contributed by atoms with Crippen LogP contribution >= 0.6 is 0 Å². The van der Waals surface area contributed by atoms with Crippen LogP contribution in [0.25, 0.3) is 11.3 Å². The number of nitrogens with one attached hydrogen (secondary N) is 1.